The number of ether oxygens (including phenoxy) is 2. The van der Waals surface area contributed by atoms with Crippen LogP contribution in [0.2, 0.25) is 0 Å². The highest BCUT2D eigenvalue weighted by Crippen LogP contribution is 2.16. The summed E-state index contributed by atoms with van der Waals surface area (Å²) in [4.78, 5) is 13.1. The lowest BCUT2D eigenvalue weighted by Crippen LogP contribution is -2.39. The van der Waals surface area contributed by atoms with E-state index in [1.165, 1.54) is 5.56 Å². The van der Waals surface area contributed by atoms with Gasteiger partial charge in [-0.1, -0.05) is 42.5 Å². The monoisotopic (exact) mass is 369 g/mol. The average molecular weight is 369 g/mol. The van der Waals surface area contributed by atoms with Crippen LogP contribution in [0.5, 0.6) is 5.75 Å². The van der Waals surface area contributed by atoms with E-state index in [4.69, 9.17) is 9.47 Å². The van der Waals surface area contributed by atoms with Crippen LogP contribution in [0.1, 0.15) is 28.8 Å². The van der Waals surface area contributed by atoms with E-state index in [0.717, 1.165) is 38.8 Å². The lowest BCUT2D eigenvalue weighted by molar-refractivity contribution is 0.0313. The zero-order valence-electron chi connectivity index (χ0n) is 15.5. The van der Waals surface area contributed by atoms with Crippen molar-refractivity contribution in [1.29, 1.82) is 0 Å². The first-order valence-corrected chi connectivity index (χ1v) is 9.47. The van der Waals surface area contributed by atoms with E-state index in [1.54, 1.807) is 24.3 Å². The average Bonchev–Trinajstić information content (AvgIpc) is 3.20. The Morgan fingerprint density at radius 2 is 2.07 bits per heavy atom. The van der Waals surface area contributed by atoms with E-state index in [-0.39, 0.29) is 12.7 Å². The molecule has 1 fully saturated rings. The maximum absolute atomic E-state index is 10.9. The molecule has 3 rings (SSSR count). The molecule has 144 valence electrons. The molecule has 2 aromatic carbocycles. The summed E-state index contributed by atoms with van der Waals surface area (Å²) in [5.74, 6) is 0.590. The van der Waals surface area contributed by atoms with Gasteiger partial charge in [0.25, 0.3) is 0 Å². The third kappa shape index (κ3) is 6.47. The third-order valence-corrected chi connectivity index (χ3v) is 4.64. The van der Waals surface area contributed by atoms with Crippen molar-refractivity contribution in [3.63, 3.8) is 0 Å². The first kappa shape index (κ1) is 19.5. The van der Waals surface area contributed by atoms with E-state index >= 15 is 0 Å². The van der Waals surface area contributed by atoms with E-state index in [9.17, 15) is 9.90 Å². The summed E-state index contributed by atoms with van der Waals surface area (Å²) >= 11 is 0. The molecule has 1 aliphatic rings. The van der Waals surface area contributed by atoms with Gasteiger partial charge in [0.1, 0.15) is 24.7 Å². The summed E-state index contributed by atoms with van der Waals surface area (Å²) in [5.41, 5.74) is 1.77. The number of carbonyl (C=O) groups is 1. The van der Waals surface area contributed by atoms with Gasteiger partial charge in [0.05, 0.1) is 6.10 Å². The van der Waals surface area contributed by atoms with Crippen molar-refractivity contribution in [3.8, 4) is 5.75 Å². The van der Waals surface area contributed by atoms with Crippen LogP contribution in [0.15, 0.2) is 54.6 Å². The number of benzene rings is 2. The molecule has 27 heavy (non-hydrogen) atoms. The number of rotatable bonds is 10. The summed E-state index contributed by atoms with van der Waals surface area (Å²) in [6, 6.07) is 17.2. The first-order valence-electron chi connectivity index (χ1n) is 9.47. The molecule has 1 N–H and O–H groups in total. The molecule has 0 amide bonds. The standard InChI is InChI=1S/C22H27NO4/c24-16-19-8-4-9-21(12-19)27-17-20(25)14-23(15-22-10-5-11-26-22)13-18-6-2-1-3-7-18/h1-4,6-9,12,16,20,22,25H,5,10-11,13-15,17H2. The molecule has 1 saturated heterocycles. The predicted octanol–water partition coefficient (Wildman–Crippen LogP) is 2.92. The summed E-state index contributed by atoms with van der Waals surface area (Å²) in [6.07, 6.45) is 2.55. The smallest absolute Gasteiger partial charge is 0.150 e. The zero-order valence-corrected chi connectivity index (χ0v) is 15.5. The Bertz CT molecular complexity index is 700. The number of aliphatic hydroxyl groups is 1. The molecule has 0 aliphatic carbocycles. The van der Waals surface area contributed by atoms with Crippen LogP contribution >= 0.6 is 0 Å². The summed E-state index contributed by atoms with van der Waals surface area (Å²) in [6.45, 7) is 3.06. The van der Waals surface area contributed by atoms with Crippen LogP contribution in [0.25, 0.3) is 0 Å². The van der Waals surface area contributed by atoms with Crippen molar-refractivity contribution < 1.29 is 19.4 Å². The van der Waals surface area contributed by atoms with Crippen LogP contribution in [0, 0.1) is 0 Å². The zero-order chi connectivity index (χ0) is 18.9. The van der Waals surface area contributed by atoms with Crippen molar-refractivity contribution in [1.82, 2.24) is 4.90 Å². The molecule has 0 saturated carbocycles. The van der Waals surface area contributed by atoms with Crippen LogP contribution < -0.4 is 4.74 Å². The van der Waals surface area contributed by atoms with Crippen LogP contribution in [-0.2, 0) is 11.3 Å². The molecular weight excluding hydrogens is 342 g/mol. The van der Waals surface area contributed by atoms with Crippen LogP contribution in [-0.4, -0.2) is 54.8 Å². The summed E-state index contributed by atoms with van der Waals surface area (Å²) in [5, 5.41) is 10.5. The molecule has 2 aromatic rings. The van der Waals surface area contributed by atoms with Gasteiger partial charge in [0, 0.05) is 31.8 Å². The minimum absolute atomic E-state index is 0.180. The summed E-state index contributed by atoms with van der Waals surface area (Å²) < 4.78 is 11.4. The fraction of sp³-hybridized carbons (Fsp3) is 0.409. The Labute approximate surface area is 160 Å². The lowest BCUT2D eigenvalue weighted by atomic mass is 10.1. The molecule has 1 aliphatic heterocycles. The SMILES string of the molecule is O=Cc1cccc(OCC(O)CN(Cc2ccccc2)CC2CCCO2)c1. The third-order valence-electron chi connectivity index (χ3n) is 4.64. The fourth-order valence-corrected chi connectivity index (χ4v) is 3.34. The topological polar surface area (TPSA) is 59.0 Å². The number of aliphatic hydroxyl groups excluding tert-OH is 1. The molecule has 0 radical (unpaired) electrons. The van der Waals surface area contributed by atoms with Gasteiger partial charge in [-0.3, -0.25) is 9.69 Å². The van der Waals surface area contributed by atoms with Gasteiger partial charge >= 0.3 is 0 Å². The molecular formula is C22H27NO4. The van der Waals surface area contributed by atoms with Crippen LogP contribution in [0.4, 0.5) is 0 Å². The van der Waals surface area contributed by atoms with E-state index in [0.29, 0.717) is 17.9 Å². The normalized spacial score (nSPS) is 17.8. The number of aldehydes is 1. The Morgan fingerprint density at radius 3 is 2.81 bits per heavy atom. The van der Waals surface area contributed by atoms with Gasteiger partial charge in [-0.25, -0.2) is 0 Å². The van der Waals surface area contributed by atoms with Gasteiger partial charge < -0.3 is 14.6 Å². The Balaban J connectivity index is 1.55. The fourth-order valence-electron chi connectivity index (χ4n) is 3.34. The molecule has 0 aromatic heterocycles. The van der Waals surface area contributed by atoms with Gasteiger partial charge in [0.15, 0.2) is 0 Å². The van der Waals surface area contributed by atoms with Gasteiger partial charge in [-0.2, -0.15) is 0 Å². The second kappa shape index (κ2) is 10.2. The maximum atomic E-state index is 10.9. The Morgan fingerprint density at radius 1 is 1.22 bits per heavy atom. The highest BCUT2D eigenvalue weighted by atomic mass is 16.5. The largest absolute Gasteiger partial charge is 0.491 e. The van der Waals surface area contributed by atoms with E-state index in [1.807, 2.05) is 18.2 Å². The Kier molecular flexibility index (Phi) is 7.39. The lowest BCUT2D eigenvalue weighted by Gasteiger charge is -2.27. The predicted molar refractivity (Wildman–Crippen MR) is 104 cm³/mol. The minimum atomic E-state index is -0.630. The quantitative estimate of drug-likeness (QED) is 0.653. The molecule has 5 heteroatoms. The maximum Gasteiger partial charge on any atom is 0.150 e. The van der Waals surface area contributed by atoms with Gasteiger partial charge in [0.2, 0.25) is 0 Å². The van der Waals surface area contributed by atoms with Crippen molar-refractivity contribution in [3.05, 3.63) is 65.7 Å². The molecule has 5 nitrogen and oxygen atoms in total. The van der Waals surface area contributed by atoms with Gasteiger partial charge in [-0.15, -0.1) is 0 Å². The minimum Gasteiger partial charge on any atom is -0.491 e. The van der Waals surface area contributed by atoms with Crippen molar-refractivity contribution >= 4 is 6.29 Å². The highest BCUT2D eigenvalue weighted by Gasteiger charge is 2.21. The molecule has 2 unspecified atom stereocenters. The van der Waals surface area contributed by atoms with Crippen molar-refractivity contribution in [2.24, 2.45) is 0 Å². The number of hydrogen-bond donors (Lipinski definition) is 1. The molecule has 0 bridgehead atoms. The first-order chi connectivity index (χ1) is 13.2. The number of carbonyl (C=O) groups excluding carboxylic acids is 1. The second-order valence-electron chi connectivity index (χ2n) is 6.97. The highest BCUT2D eigenvalue weighted by molar-refractivity contribution is 5.75. The van der Waals surface area contributed by atoms with Gasteiger partial charge in [-0.05, 0) is 30.5 Å². The Hall–Kier alpha value is -2.21. The van der Waals surface area contributed by atoms with E-state index < -0.39 is 6.10 Å². The molecule has 0 spiro atoms. The number of hydrogen-bond acceptors (Lipinski definition) is 5. The van der Waals surface area contributed by atoms with Crippen molar-refractivity contribution in [2.45, 2.75) is 31.6 Å². The summed E-state index contributed by atoms with van der Waals surface area (Å²) in [7, 11) is 0. The van der Waals surface area contributed by atoms with E-state index in [2.05, 4.69) is 17.0 Å². The molecule has 1 heterocycles. The van der Waals surface area contributed by atoms with Crippen molar-refractivity contribution in [2.75, 3.05) is 26.3 Å². The second-order valence-corrected chi connectivity index (χ2v) is 6.97. The van der Waals surface area contributed by atoms with Crippen LogP contribution in [0.3, 0.4) is 0 Å². The number of nitrogens with zero attached hydrogens (tertiary/aromatic N) is 1. The molecule has 2 atom stereocenters.